The Labute approximate surface area is 107 Å². The Hall–Kier alpha value is -1.30. The summed E-state index contributed by atoms with van der Waals surface area (Å²) >= 11 is 0. The number of nitrogens with one attached hydrogen (secondary N) is 1. The van der Waals surface area contributed by atoms with Crippen LogP contribution in [0.3, 0.4) is 0 Å². The van der Waals surface area contributed by atoms with E-state index in [0.29, 0.717) is 6.54 Å². The number of carbonyl (C=O) groups is 2. The van der Waals surface area contributed by atoms with E-state index in [2.05, 4.69) is 5.32 Å². The number of carboxylic acid groups (broad SMARTS) is 1. The van der Waals surface area contributed by atoms with Crippen LogP contribution in [0.2, 0.25) is 0 Å². The third-order valence-electron chi connectivity index (χ3n) is 3.52. The smallest absolute Gasteiger partial charge is 0.317 e. The maximum Gasteiger partial charge on any atom is 0.317 e. The average Bonchev–Trinajstić information content (AvgIpc) is 2.82. The van der Waals surface area contributed by atoms with E-state index in [0.717, 1.165) is 25.7 Å². The normalized spacial score (nSPS) is 17.4. The topological polar surface area (TPSA) is 78.9 Å². The molecule has 6 nitrogen and oxygen atoms in total. The largest absolute Gasteiger partial charge is 0.481 e. The third-order valence-corrected chi connectivity index (χ3v) is 3.52. The minimum absolute atomic E-state index is 0.0423. The molecule has 0 unspecified atom stereocenters. The van der Waals surface area contributed by atoms with Crippen molar-refractivity contribution in [2.75, 3.05) is 27.2 Å². The predicted molar refractivity (Wildman–Crippen MR) is 66.5 cm³/mol. The van der Waals surface area contributed by atoms with E-state index >= 15 is 0 Å². The van der Waals surface area contributed by atoms with Crippen LogP contribution in [-0.2, 0) is 9.53 Å². The van der Waals surface area contributed by atoms with Gasteiger partial charge in [-0.3, -0.25) is 4.79 Å². The minimum Gasteiger partial charge on any atom is -0.481 e. The van der Waals surface area contributed by atoms with Crippen molar-refractivity contribution in [3.05, 3.63) is 0 Å². The fourth-order valence-electron chi connectivity index (χ4n) is 2.21. The molecule has 1 aliphatic carbocycles. The highest BCUT2D eigenvalue weighted by Gasteiger charge is 2.34. The molecule has 18 heavy (non-hydrogen) atoms. The SMILES string of the molecule is COC1(CNC(=O)N(C)CCC(=O)O)CCCC1. The van der Waals surface area contributed by atoms with Crippen LogP contribution >= 0.6 is 0 Å². The van der Waals surface area contributed by atoms with Crippen molar-refractivity contribution in [2.24, 2.45) is 0 Å². The summed E-state index contributed by atoms with van der Waals surface area (Å²) in [6.07, 6.45) is 4.13. The van der Waals surface area contributed by atoms with Crippen LogP contribution in [0.4, 0.5) is 4.79 Å². The first-order valence-corrected chi connectivity index (χ1v) is 6.25. The van der Waals surface area contributed by atoms with Crippen LogP contribution in [-0.4, -0.2) is 54.9 Å². The lowest BCUT2D eigenvalue weighted by molar-refractivity contribution is -0.137. The van der Waals surface area contributed by atoms with Gasteiger partial charge >= 0.3 is 12.0 Å². The van der Waals surface area contributed by atoms with Gasteiger partial charge in [0.25, 0.3) is 0 Å². The van der Waals surface area contributed by atoms with E-state index in [9.17, 15) is 9.59 Å². The molecule has 0 atom stereocenters. The van der Waals surface area contributed by atoms with E-state index in [1.807, 2.05) is 0 Å². The lowest BCUT2D eigenvalue weighted by Crippen LogP contribution is -2.46. The number of aliphatic carboxylic acids is 1. The molecule has 0 bridgehead atoms. The van der Waals surface area contributed by atoms with Crippen molar-refractivity contribution in [2.45, 2.75) is 37.7 Å². The van der Waals surface area contributed by atoms with Crippen molar-refractivity contribution < 1.29 is 19.4 Å². The first-order valence-electron chi connectivity index (χ1n) is 6.25. The number of carboxylic acids is 1. The highest BCUT2D eigenvalue weighted by molar-refractivity contribution is 5.75. The van der Waals surface area contributed by atoms with E-state index in [-0.39, 0.29) is 24.6 Å². The van der Waals surface area contributed by atoms with E-state index in [1.165, 1.54) is 4.90 Å². The number of urea groups is 1. The molecule has 1 fully saturated rings. The highest BCUT2D eigenvalue weighted by atomic mass is 16.5. The summed E-state index contributed by atoms with van der Waals surface area (Å²) in [7, 11) is 3.26. The van der Waals surface area contributed by atoms with E-state index in [4.69, 9.17) is 9.84 Å². The van der Waals surface area contributed by atoms with Gasteiger partial charge in [0.2, 0.25) is 0 Å². The summed E-state index contributed by atoms with van der Waals surface area (Å²) in [6, 6.07) is -0.250. The zero-order chi connectivity index (χ0) is 13.6. The maximum absolute atomic E-state index is 11.7. The molecule has 1 rings (SSSR count). The van der Waals surface area contributed by atoms with Crippen LogP contribution < -0.4 is 5.32 Å². The van der Waals surface area contributed by atoms with Gasteiger partial charge in [0.05, 0.1) is 12.0 Å². The molecule has 6 heteroatoms. The number of ether oxygens (including phenoxy) is 1. The average molecular weight is 258 g/mol. The Morgan fingerprint density at radius 2 is 2.00 bits per heavy atom. The summed E-state index contributed by atoms with van der Waals surface area (Å²) < 4.78 is 5.50. The van der Waals surface area contributed by atoms with Gasteiger partial charge in [0.15, 0.2) is 0 Å². The summed E-state index contributed by atoms with van der Waals surface area (Å²) in [5.74, 6) is -0.904. The second-order valence-corrected chi connectivity index (χ2v) is 4.82. The Morgan fingerprint density at radius 1 is 1.39 bits per heavy atom. The first-order chi connectivity index (χ1) is 8.49. The van der Waals surface area contributed by atoms with Crippen LogP contribution in [0, 0.1) is 0 Å². The van der Waals surface area contributed by atoms with Crippen LogP contribution in [0.15, 0.2) is 0 Å². The van der Waals surface area contributed by atoms with Gasteiger partial charge in [-0.15, -0.1) is 0 Å². The van der Waals surface area contributed by atoms with Gasteiger partial charge < -0.3 is 20.1 Å². The van der Waals surface area contributed by atoms with Crippen molar-refractivity contribution in [3.63, 3.8) is 0 Å². The van der Waals surface area contributed by atoms with Crippen LogP contribution in [0.5, 0.6) is 0 Å². The molecule has 2 amide bonds. The fourth-order valence-corrected chi connectivity index (χ4v) is 2.21. The van der Waals surface area contributed by atoms with Gasteiger partial charge in [-0.2, -0.15) is 0 Å². The molecule has 0 aromatic carbocycles. The second kappa shape index (κ2) is 6.58. The Kier molecular flexibility index (Phi) is 5.40. The third kappa shape index (κ3) is 4.18. The Bertz CT molecular complexity index is 300. The van der Waals surface area contributed by atoms with Crippen LogP contribution in [0.1, 0.15) is 32.1 Å². The van der Waals surface area contributed by atoms with E-state index < -0.39 is 5.97 Å². The minimum atomic E-state index is -0.904. The molecule has 104 valence electrons. The molecule has 0 aliphatic heterocycles. The fraction of sp³-hybridized carbons (Fsp3) is 0.833. The number of rotatable bonds is 6. The van der Waals surface area contributed by atoms with Crippen molar-refractivity contribution >= 4 is 12.0 Å². The highest BCUT2D eigenvalue weighted by Crippen LogP contribution is 2.31. The van der Waals surface area contributed by atoms with Gasteiger partial charge in [-0.1, -0.05) is 12.8 Å². The number of methoxy groups -OCH3 is 1. The van der Waals surface area contributed by atoms with Gasteiger partial charge in [-0.25, -0.2) is 4.79 Å². The summed E-state index contributed by atoms with van der Waals surface area (Å²) in [5.41, 5.74) is -0.233. The Morgan fingerprint density at radius 3 is 2.50 bits per heavy atom. The maximum atomic E-state index is 11.7. The molecule has 2 N–H and O–H groups in total. The number of nitrogens with zero attached hydrogens (tertiary/aromatic N) is 1. The second-order valence-electron chi connectivity index (χ2n) is 4.82. The zero-order valence-corrected chi connectivity index (χ0v) is 11.1. The van der Waals surface area contributed by atoms with Crippen molar-refractivity contribution in [1.82, 2.24) is 10.2 Å². The van der Waals surface area contributed by atoms with Crippen molar-refractivity contribution in [1.29, 1.82) is 0 Å². The molecular weight excluding hydrogens is 236 g/mol. The van der Waals surface area contributed by atoms with E-state index in [1.54, 1.807) is 14.2 Å². The van der Waals surface area contributed by atoms with Crippen molar-refractivity contribution in [3.8, 4) is 0 Å². The number of carbonyl (C=O) groups excluding carboxylic acids is 1. The standard InChI is InChI=1S/C12H22N2O4/c1-14(8-5-10(15)16)11(17)13-9-12(18-2)6-3-4-7-12/h3-9H2,1-2H3,(H,13,17)(H,15,16). The summed E-state index contributed by atoms with van der Waals surface area (Å²) in [4.78, 5) is 23.5. The zero-order valence-electron chi connectivity index (χ0n) is 11.1. The number of hydrogen-bond acceptors (Lipinski definition) is 3. The number of amides is 2. The lowest BCUT2D eigenvalue weighted by Gasteiger charge is -2.28. The van der Waals surface area contributed by atoms with Gasteiger partial charge in [0.1, 0.15) is 0 Å². The van der Waals surface area contributed by atoms with Gasteiger partial charge in [-0.05, 0) is 12.8 Å². The molecule has 0 aromatic heterocycles. The summed E-state index contributed by atoms with van der Waals surface area (Å²) in [6.45, 7) is 0.695. The first kappa shape index (κ1) is 14.8. The van der Waals surface area contributed by atoms with Crippen LogP contribution in [0.25, 0.3) is 0 Å². The molecule has 0 heterocycles. The summed E-state index contributed by atoms with van der Waals surface area (Å²) in [5, 5.41) is 11.4. The quantitative estimate of drug-likeness (QED) is 0.746. The molecule has 1 saturated carbocycles. The molecule has 0 aromatic rings. The molecule has 0 saturated heterocycles. The lowest BCUT2D eigenvalue weighted by atomic mass is 10.0. The number of hydrogen-bond donors (Lipinski definition) is 2. The van der Waals surface area contributed by atoms with Gasteiger partial charge in [0, 0.05) is 27.2 Å². The molecule has 0 radical (unpaired) electrons. The monoisotopic (exact) mass is 258 g/mol. The molecule has 1 aliphatic rings. The molecular formula is C12H22N2O4. The molecule has 0 spiro atoms. The Balaban J connectivity index is 2.33. The predicted octanol–water partition coefficient (Wildman–Crippen LogP) is 1.06.